The third-order valence-corrected chi connectivity index (χ3v) is 7.11. The molecule has 0 aliphatic carbocycles. The first-order valence-electron chi connectivity index (χ1n) is 12.2. The van der Waals surface area contributed by atoms with Crippen LogP contribution in [0.25, 0.3) is 0 Å². The Morgan fingerprint density at radius 1 is 1.03 bits per heavy atom. The minimum absolute atomic E-state index is 0.0105. The number of carbonyl (C=O) groups excluding carboxylic acids is 1. The van der Waals surface area contributed by atoms with Gasteiger partial charge < -0.3 is 9.88 Å². The Labute approximate surface area is 211 Å². The molecule has 0 fully saturated rings. The van der Waals surface area contributed by atoms with Gasteiger partial charge in [0.1, 0.15) is 0 Å². The third kappa shape index (κ3) is 4.93. The molecule has 36 heavy (non-hydrogen) atoms. The van der Waals surface area contributed by atoms with Crippen LogP contribution in [-0.4, -0.2) is 26.4 Å². The lowest BCUT2D eigenvalue weighted by atomic mass is 9.93. The SMILES string of the molecule is Cc1cccc(NC(=O)[C@H]2Cc3ccccc3CN2Cc2cncn2Cc2ccc(C#N)cc2)c1C. The van der Waals surface area contributed by atoms with E-state index in [-0.39, 0.29) is 11.9 Å². The molecule has 0 saturated carbocycles. The van der Waals surface area contributed by atoms with Crippen LogP contribution in [0.2, 0.25) is 0 Å². The van der Waals surface area contributed by atoms with Gasteiger partial charge >= 0.3 is 0 Å². The molecule has 180 valence electrons. The van der Waals surface area contributed by atoms with Crippen LogP contribution in [-0.2, 0) is 30.8 Å². The summed E-state index contributed by atoms with van der Waals surface area (Å²) in [6.07, 6.45) is 4.37. The number of aryl methyl sites for hydroxylation is 1. The first-order valence-corrected chi connectivity index (χ1v) is 12.2. The largest absolute Gasteiger partial charge is 0.329 e. The molecular formula is C30H29N5O. The smallest absolute Gasteiger partial charge is 0.242 e. The Bertz CT molecular complexity index is 1430. The number of carbonyl (C=O) groups is 1. The van der Waals surface area contributed by atoms with Crippen molar-refractivity contribution >= 4 is 11.6 Å². The van der Waals surface area contributed by atoms with Crippen molar-refractivity contribution in [1.29, 1.82) is 5.26 Å². The van der Waals surface area contributed by atoms with Crippen LogP contribution in [0.1, 0.15) is 39.1 Å². The van der Waals surface area contributed by atoms with Crippen molar-refractivity contribution < 1.29 is 4.79 Å². The molecule has 1 N–H and O–H groups in total. The van der Waals surface area contributed by atoms with Crippen molar-refractivity contribution in [2.75, 3.05) is 5.32 Å². The summed E-state index contributed by atoms with van der Waals surface area (Å²) in [5.74, 6) is 0.0105. The van der Waals surface area contributed by atoms with Crippen molar-refractivity contribution in [2.45, 2.75) is 45.9 Å². The third-order valence-electron chi connectivity index (χ3n) is 7.11. The van der Waals surface area contributed by atoms with Crippen LogP contribution in [0, 0.1) is 25.2 Å². The van der Waals surface area contributed by atoms with E-state index in [4.69, 9.17) is 5.26 Å². The van der Waals surface area contributed by atoms with Gasteiger partial charge in [-0.3, -0.25) is 9.69 Å². The van der Waals surface area contributed by atoms with E-state index in [2.05, 4.69) is 57.0 Å². The lowest BCUT2D eigenvalue weighted by Gasteiger charge is -2.36. The zero-order chi connectivity index (χ0) is 25.1. The fraction of sp³-hybridized carbons (Fsp3) is 0.233. The number of amides is 1. The molecule has 1 aliphatic rings. The predicted octanol–water partition coefficient (Wildman–Crippen LogP) is 4.99. The van der Waals surface area contributed by atoms with Crippen LogP contribution in [0.4, 0.5) is 5.69 Å². The summed E-state index contributed by atoms with van der Waals surface area (Å²) in [6, 6.07) is 23.9. The molecule has 1 aliphatic heterocycles. The van der Waals surface area contributed by atoms with Gasteiger partial charge in [-0.1, -0.05) is 48.5 Å². The van der Waals surface area contributed by atoms with Gasteiger partial charge in [0.2, 0.25) is 5.91 Å². The molecule has 2 heterocycles. The maximum atomic E-state index is 13.6. The number of aromatic nitrogens is 2. The highest BCUT2D eigenvalue weighted by atomic mass is 16.2. The molecule has 5 rings (SSSR count). The number of nitriles is 1. The number of benzene rings is 3. The van der Waals surface area contributed by atoms with Gasteiger partial charge in [0, 0.05) is 31.5 Å². The van der Waals surface area contributed by atoms with Crippen LogP contribution in [0.3, 0.4) is 0 Å². The molecular weight excluding hydrogens is 446 g/mol. The van der Waals surface area contributed by atoms with E-state index in [1.54, 1.807) is 0 Å². The fourth-order valence-electron chi connectivity index (χ4n) is 4.82. The summed E-state index contributed by atoms with van der Waals surface area (Å²) < 4.78 is 2.11. The number of hydrogen-bond donors (Lipinski definition) is 1. The average Bonchev–Trinajstić information content (AvgIpc) is 3.33. The van der Waals surface area contributed by atoms with Crippen molar-refractivity contribution in [3.8, 4) is 6.07 Å². The molecule has 1 atom stereocenters. The van der Waals surface area contributed by atoms with Crippen LogP contribution >= 0.6 is 0 Å². The van der Waals surface area contributed by atoms with Crippen LogP contribution in [0.15, 0.2) is 79.3 Å². The van der Waals surface area contributed by atoms with Crippen molar-refractivity contribution in [3.63, 3.8) is 0 Å². The Balaban J connectivity index is 1.39. The van der Waals surface area contributed by atoms with E-state index in [1.165, 1.54) is 11.1 Å². The van der Waals surface area contributed by atoms with E-state index in [0.29, 0.717) is 31.6 Å². The maximum Gasteiger partial charge on any atom is 0.242 e. The van der Waals surface area contributed by atoms with E-state index in [1.807, 2.05) is 61.9 Å². The fourth-order valence-corrected chi connectivity index (χ4v) is 4.82. The highest BCUT2D eigenvalue weighted by Gasteiger charge is 2.32. The maximum absolute atomic E-state index is 13.6. The lowest BCUT2D eigenvalue weighted by Crippen LogP contribution is -2.47. The first kappa shape index (κ1) is 23.5. The Morgan fingerprint density at radius 2 is 1.81 bits per heavy atom. The number of nitrogens with zero attached hydrogens (tertiary/aromatic N) is 4. The summed E-state index contributed by atoms with van der Waals surface area (Å²) >= 11 is 0. The van der Waals surface area contributed by atoms with Crippen molar-refractivity contribution in [3.05, 3.63) is 118 Å². The van der Waals surface area contributed by atoms with Gasteiger partial charge in [0.15, 0.2) is 0 Å². The zero-order valence-electron chi connectivity index (χ0n) is 20.6. The Kier molecular flexibility index (Phi) is 6.66. The van der Waals surface area contributed by atoms with Crippen molar-refractivity contribution in [2.24, 2.45) is 0 Å². The molecule has 6 nitrogen and oxygen atoms in total. The van der Waals surface area contributed by atoms with Gasteiger partial charge in [0.25, 0.3) is 0 Å². The minimum atomic E-state index is -0.293. The van der Waals surface area contributed by atoms with Gasteiger partial charge in [0.05, 0.1) is 29.7 Å². The number of nitrogens with one attached hydrogen (secondary N) is 1. The molecule has 0 unspecified atom stereocenters. The molecule has 3 aromatic carbocycles. The second-order valence-electron chi connectivity index (χ2n) is 9.45. The molecule has 0 saturated heterocycles. The molecule has 0 spiro atoms. The number of rotatable bonds is 6. The highest BCUT2D eigenvalue weighted by molar-refractivity contribution is 5.96. The Morgan fingerprint density at radius 3 is 2.58 bits per heavy atom. The highest BCUT2D eigenvalue weighted by Crippen LogP contribution is 2.27. The monoisotopic (exact) mass is 475 g/mol. The number of hydrogen-bond acceptors (Lipinski definition) is 4. The summed E-state index contributed by atoms with van der Waals surface area (Å²) in [7, 11) is 0. The molecule has 4 aromatic rings. The number of fused-ring (bicyclic) bond motifs is 1. The normalized spacial score (nSPS) is 15.2. The molecule has 0 bridgehead atoms. The van der Waals surface area contributed by atoms with E-state index in [9.17, 15) is 4.79 Å². The molecule has 1 aromatic heterocycles. The van der Waals surface area contributed by atoms with Crippen LogP contribution in [0.5, 0.6) is 0 Å². The van der Waals surface area contributed by atoms with Crippen molar-refractivity contribution in [1.82, 2.24) is 14.5 Å². The molecule has 0 radical (unpaired) electrons. The Hall–Kier alpha value is -4.21. The standard InChI is InChI=1S/C30H29N5O/c1-21-6-5-9-28(22(21)2)33-30(36)29-14-25-7-3-4-8-26(25)18-34(29)19-27-16-32-20-35(27)17-24-12-10-23(15-31)11-13-24/h3-13,16,20,29H,14,17-19H2,1-2H3,(H,33,36)/t29-/m1/s1. The lowest BCUT2D eigenvalue weighted by molar-refractivity contribution is -0.122. The van der Waals surface area contributed by atoms with E-state index in [0.717, 1.165) is 28.1 Å². The van der Waals surface area contributed by atoms with Gasteiger partial charge in [-0.15, -0.1) is 0 Å². The quantitative estimate of drug-likeness (QED) is 0.427. The number of imidazole rings is 1. The van der Waals surface area contributed by atoms with Gasteiger partial charge in [-0.05, 0) is 66.3 Å². The summed E-state index contributed by atoms with van der Waals surface area (Å²) in [4.78, 5) is 20.3. The van der Waals surface area contributed by atoms with E-state index < -0.39 is 0 Å². The summed E-state index contributed by atoms with van der Waals surface area (Å²) in [5.41, 5.74) is 8.38. The average molecular weight is 476 g/mol. The molecule has 1 amide bonds. The van der Waals surface area contributed by atoms with Gasteiger partial charge in [-0.2, -0.15) is 5.26 Å². The second-order valence-corrected chi connectivity index (χ2v) is 9.45. The van der Waals surface area contributed by atoms with E-state index >= 15 is 0 Å². The van der Waals surface area contributed by atoms with Gasteiger partial charge in [-0.25, -0.2) is 4.98 Å². The molecule has 6 heteroatoms. The second kappa shape index (κ2) is 10.2. The summed E-state index contributed by atoms with van der Waals surface area (Å²) in [5, 5.41) is 12.3. The minimum Gasteiger partial charge on any atom is -0.329 e. The topological polar surface area (TPSA) is 74.0 Å². The first-order chi connectivity index (χ1) is 17.5. The predicted molar refractivity (Wildman–Crippen MR) is 140 cm³/mol. The summed E-state index contributed by atoms with van der Waals surface area (Å²) in [6.45, 7) is 6.06. The number of anilines is 1. The zero-order valence-corrected chi connectivity index (χ0v) is 20.6. The van der Waals surface area contributed by atoms with Crippen LogP contribution < -0.4 is 5.32 Å².